The number of rotatable bonds is 3. The van der Waals surface area contributed by atoms with Gasteiger partial charge in [-0.3, -0.25) is 0 Å². The largest absolute Gasteiger partial charge is 0.393 e. The van der Waals surface area contributed by atoms with Crippen molar-refractivity contribution >= 4 is 26.5 Å². The van der Waals surface area contributed by atoms with Crippen LogP contribution in [0, 0.1) is 28.6 Å². The molecule has 0 saturated heterocycles. The lowest BCUT2D eigenvalue weighted by atomic mass is 9.47. The van der Waals surface area contributed by atoms with E-state index in [0.29, 0.717) is 22.6 Å². The number of aromatic nitrogens is 1. The molecule has 0 bridgehead atoms. The first kappa shape index (κ1) is 24.4. The van der Waals surface area contributed by atoms with Gasteiger partial charge in [0, 0.05) is 17.1 Å². The molecule has 5 heteroatoms. The molecule has 7 rings (SSSR count). The topological polar surface area (TPSA) is 59.3 Å². The highest BCUT2D eigenvalue weighted by molar-refractivity contribution is 7.90. The standard InChI is InChI=1S/C33H37NO3S/c1-32-18-16-23(35)20-22(32)12-13-26-28-14-15-29(33(28,2)19-17-30(26)32)27-21-34(31-11-7-6-10-25(27)31)38(36,37)24-8-4-3-5-9-24/h3-12,15,21,23,26,28,30,35H,13-14,16-20H2,1-2H3/t23-,26-,28-,30-,32-,33-/m0/s1. The number of aliphatic hydroxyl groups is 1. The molecule has 4 aliphatic rings. The van der Waals surface area contributed by atoms with E-state index in [9.17, 15) is 13.5 Å². The Bertz CT molecular complexity index is 1580. The predicted molar refractivity (Wildman–Crippen MR) is 152 cm³/mol. The molecular weight excluding hydrogens is 490 g/mol. The van der Waals surface area contributed by atoms with E-state index < -0.39 is 10.0 Å². The van der Waals surface area contributed by atoms with Crippen LogP contribution in [0.25, 0.3) is 16.5 Å². The molecule has 0 spiro atoms. The van der Waals surface area contributed by atoms with Crippen molar-refractivity contribution in [1.29, 1.82) is 0 Å². The maximum Gasteiger partial charge on any atom is 0.268 e. The van der Waals surface area contributed by atoms with Crippen molar-refractivity contribution in [3.63, 3.8) is 0 Å². The fraction of sp³-hybridized carbons (Fsp3) is 0.455. The molecule has 4 nitrogen and oxygen atoms in total. The molecule has 38 heavy (non-hydrogen) atoms. The molecule has 4 aliphatic carbocycles. The highest BCUT2D eigenvalue weighted by atomic mass is 32.2. The summed E-state index contributed by atoms with van der Waals surface area (Å²) in [5.41, 5.74) is 4.89. The summed E-state index contributed by atoms with van der Waals surface area (Å²) in [5.74, 6) is 1.86. The Labute approximate surface area is 226 Å². The van der Waals surface area contributed by atoms with Crippen LogP contribution in [0.3, 0.4) is 0 Å². The molecule has 1 N–H and O–H groups in total. The van der Waals surface area contributed by atoms with Crippen LogP contribution in [-0.2, 0) is 10.0 Å². The van der Waals surface area contributed by atoms with E-state index in [1.165, 1.54) is 21.5 Å². The number of benzene rings is 2. The second-order valence-corrected chi connectivity index (χ2v) is 14.5. The Morgan fingerprint density at radius 1 is 0.868 bits per heavy atom. The van der Waals surface area contributed by atoms with E-state index in [-0.39, 0.29) is 16.9 Å². The Morgan fingerprint density at radius 2 is 1.61 bits per heavy atom. The Hall–Kier alpha value is -2.63. The minimum Gasteiger partial charge on any atom is -0.393 e. The van der Waals surface area contributed by atoms with Crippen molar-refractivity contribution < 1.29 is 13.5 Å². The molecule has 6 atom stereocenters. The molecule has 0 radical (unpaired) electrons. The van der Waals surface area contributed by atoms with E-state index >= 15 is 0 Å². The van der Waals surface area contributed by atoms with Gasteiger partial charge in [0.1, 0.15) is 0 Å². The van der Waals surface area contributed by atoms with E-state index in [1.54, 1.807) is 24.3 Å². The number of fused-ring (bicyclic) bond motifs is 6. The van der Waals surface area contributed by atoms with Crippen molar-refractivity contribution in [3.05, 3.63) is 84.1 Å². The summed E-state index contributed by atoms with van der Waals surface area (Å²) in [7, 11) is -3.71. The van der Waals surface area contributed by atoms with Crippen LogP contribution in [0.4, 0.5) is 0 Å². The van der Waals surface area contributed by atoms with Gasteiger partial charge in [-0.1, -0.05) is 68.0 Å². The van der Waals surface area contributed by atoms with Crippen LogP contribution < -0.4 is 0 Å². The van der Waals surface area contributed by atoms with E-state index in [1.807, 2.05) is 30.5 Å². The van der Waals surface area contributed by atoms with Crippen LogP contribution in [0.1, 0.15) is 64.4 Å². The normalized spacial score (nSPS) is 34.7. The average Bonchev–Trinajstić information content (AvgIpc) is 3.47. The van der Waals surface area contributed by atoms with E-state index in [4.69, 9.17) is 0 Å². The van der Waals surface area contributed by atoms with Gasteiger partial charge in [-0.25, -0.2) is 12.4 Å². The third-order valence-electron chi connectivity index (χ3n) is 10.9. The van der Waals surface area contributed by atoms with Gasteiger partial charge in [0.25, 0.3) is 10.0 Å². The average molecular weight is 528 g/mol. The third kappa shape index (κ3) is 3.34. The fourth-order valence-corrected chi connectivity index (χ4v) is 10.3. The van der Waals surface area contributed by atoms with Crippen molar-refractivity contribution in [2.45, 2.75) is 69.8 Å². The lowest BCUT2D eigenvalue weighted by molar-refractivity contribution is -0.0237. The van der Waals surface area contributed by atoms with Crippen LogP contribution in [0.2, 0.25) is 0 Å². The lowest BCUT2D eigenvalue weighted by Gasteiger charge is -2.57. The first-order valence-electron chi connectivity index (χ1n) is 14.2. The Balaban J connectivity index is 1.29. The number of para-hydroxylation sites is 1. The molecule has 0 amide bonds. The minimum absolute atomic E-state index is 0.0303. The first-order chi connectivity index (χ1) is 18.2. The zero-order valence-electron chi connectivity index (χ0n) is 22.3. The van der Waals surface area contributed by atoms with Crippen LogP contribution in [0.15, 0.2) is 83.4 Å². The second kappa shape index (κ2) is 8.43. The zero-order valence-corrected chi connectivity index (χ0v) is 23.1. The first-order valence-corrected chi connectivity index (χ1v) is 15.7. The Morgan fingerprint density at radius 3 is 2.42 bits per heavy atom. The summed E-state index contributed by atoms with van der Waals surface area (Å²) in [5, 5.41) is 11.4. The summed E-state index contributed by atoms with van der Waals surface area (Å²) in [6.07, 6.45) is 14.0. The monoisotopic (exact) mass is 527 g/mol. The summed E-state index contributed by atoms with van der Waals surface area (Å²) in [6, 6.07) is 16.7. The summed E-state index contributed by atoms with van der Waals surface area (Å²) >= 11 is 0. The molecule has 0 unspecified atom stereocenters. The molecule has 2 saturated carbocycles. The minimum atomic E-state index is -3.71. The van der Waals surface area contributed by atoms with E-state index in [2.05, 4.69) is 32.1 Å². The number of hydrogen-bond donors (Lipinski definition) is 1. The van der Waals surface area contributed by atoms with Crippen molar-refractivity contribution in [1.82, 2.24) is 3.97 Å². The zero-order chi connectivity index (χ0) is 26.3. The maximum absolute atomic E-state index is 13.7. The summed E-state index contributed by atoms with van der Waals surface area (Å²) in [6.45, 7) is 4.91. The molecule has 198 valence electrons. The van der Waals surface area contributed by atoms with Gasteiger partial charge in [-0.05, 0) is 97.3 Å². The van der Waals surface area contributed by atoms with Crippen molar-refractivity contribution in [2.24, 2.45) is 28.6 Å². The van der Waals surface area contributed by atoms with Gasteiger partial charge < -0.3 is 5.11 Å². The fourth-order valence-electron chi connectivity index (χ4n) is 8.90. The molecule has 2 fully saturated rings. The van der Waals surface area contributed by atoms with Crippen LogP contribution >= 0.6 is 0 Å². The molecule has 1 aromatic heterocycles. The van der Waals surface area contributed by atoms with Gasteiger partial charge in [-0.15, -0.1) is 0 Å². The van der Waals surface area contributed by atoms with Crippen molar-refractivity contribution in [2.75, 3.05) is 0 Å². The second-order valence-electron chi connectivity index (χ2n) is 12.6. The molecule has 1 heterocycles. The van der Waals surface area contributed by atoms with Crippen LogP contribution in [-0.4, -0.2) is 23.6 Å². The van der Waals surface area contributed by atoms with E-state index in [0.717, 1.165) is 55.0 Å². The van der Waals surface area contributed by atoms with Gasteiger partial charge in [0.2, 0.25) is 0 Å². The number of nitrogens with zero attached hydrogens (tertiary/aromatic N) is 1. The van der Waals surface area contributed by atoms with Crippen LogP contribution in [0.5, 0.6) is 0 Å². The number of hydrogen-bond acceptors (Lipinski definition) is 3. The Kier molecular flexibility index (Phi) is 5.42. The SMILES string of the molecule is C[C@]12CC[C@H](O)CC1=CC[C@@H]1[C@@H]2CC[C@]2(C)C(c3cn(S(=O)(=O)c4ccccc4)c4ccccc34)=CC[C@@H]12. The predicted octanol–water partition coefficient (Wildman–Crippen LogP) is 7.20. The maximum atomic E-state index is 13.7. The molecular formula is C33H37NO3S. The quantitative estimate of drug-likeness (QED) is 0.367. The number of aliphatic hydroxyl groups excluding tert-OH is 1. The summed E-state index contributed by atoms with van der Waals surface area (Å²) < 4.78 is 29.0. The highest BCUT2D eigenvalue weighted by Gasteiger charge is 2.57. The van der Waals surface area contributed by atoms with Gasteiger partial charge in [0.05, 0.1) is 16.5 Å². The third-order valence-corrected chi connectivity index (χ3v) is 12.6. The van der Waals surface area contributed by atoms with Crippen molar-refractivity contribution in [3.8, 4) is 0 Å². The molecule has 0 aliphatic heterocycles. The van der Waals surface area contributed by atoms with Gasteiger partial charge >= 0.3 is 0 Å². The smallest absolute Gasteiger partial charge is 0.268 e. The van der Waals surface area contributed by atoms with Gasteiger partial charge in [0.15, 0.2) is 0 Å². The highest BCUT2D eigenvalue weighted by Crippen LogP contribution is 2.66. The lowest BCUT2D eigenvalue weighted by Crippen LogP contribution is -2.49. The molecule has 3 aromatic rings. The number of allylic oxidation sites excluding steroid dienone is 3. The molecule has 2 aromatic carbocycles. The van der Waals surface area contributed by atoms with Gasteiger partial charge in [-0.2, -0.15) is 0 Å². The summed E-state index contributed by atoms with van der Waals surface area (Å²) in [4.78, 5) is 0.313.